The maximum absolute atomic E-state index is 13.0. The predicted octanol–water partition coefficient (Wildman–Crippen LogP) is 3.04. The van der Waals surface area contributed by atoms with Gasteiger partial charge in [0.1, 0.15) is 0 Å². The third-order valence-corrected chi connectivity index (χ3v) is 16.4. The first kappa shape index (κ1) is 15.4. The van der Waals surface area contributed by atoms with Crippen LogP contribution in [-0.4, -0.2) is 32.5 Å². The van der Waals surface area contributed by atoms with Crippen LogP contribution >= 0.6 is 0 Å². The number of halogens is 2. The van der Waals surface area contributed by atoms with Gasteiger partial charge in [-0.05, 0) is 24.2 Å². The summed E-state index contributed by atoms with van der Waals surface area (Å²) in [5, 5.41) is 0. The third kappa shape index (κ3) is 3.24. The Kier molecular flexibility index (Phi) is 5.47. The molecular formula is C9H22F2O3Si3. The molecule has 17 heavy (non-hydrogen) atoms. The average molecular weight is 301 g/mol. The van der Waals surface area contributed by atoms with E-state index >= 15 is 0 Å². The van der Waals surface area contributed by atoms with Crippen LogP contribution in [0, 0.1) is 0 Å². The highest BCUT2D eigenvalue weighted by Gasteiger charge is 2.55. The molecule has 0 bridgehead atoms. The topological polar surface area (TPSA) is 27.7 Å². The molecule has 1 aliphatic rings. The van der Waals surface area contributed by atoms with Gasteiger partial charge in [0.2, 0.25) is 0 Å². The normalized spacial score (nSPS) is 24.2. The summed E-state index contributed by atoms with van der Waals surface area (Å²) in [6.45, 7) is 7.90. The van der Waals surface area contributed by atoms with Crippen LogP contribution in [0.5, 0.6) is 0 Å². The molecule has 0 aromatic carbocycles. The summed E-state index contributed by atoms with van der Waals surface area (Å²) in [6.07, 6.45) is 0. The Bertz CT molecular complexity index is 228. The molecule has 0 atom stereocenters. The number of hydrogen-bond acceptors (Lipinski definition) is 3. The van der Waals surface area contributed by atoms with E-state index in [1.165, 1.54) is 0 Å². The molecule has 0 radical (unpaired) electrons. The lowest BCUT2D eigenvalue weighted by Gasteiger charge is -2.47. The largest absolute Gasteiger partial charge is 0.415 e. The highest BCUT2D eigenvalue weighted by molar-refractivity contribution is 6.89. The van der Waals surface area contributed by atoms with Crippen molar-refractivity contribution in [1.29, 1.82) is 0 Å². The minimum atomic E-state index is -2.85. The van der Waals surface area contributed by atoms with Gasteiger partial charge in [-0.2, -0.15) is 0 Å². The lowest BCUT2D eigenvalue weighted by Crippen LogP contribution is -2.65. The van der Waals surface area contributed by atoms with Crippen LogP contribution < -0.4 is 0 Å². The summed E-state index contributed by atoms with van der Waals surface area (Å²) < 4.78 is 43.3. The van der Waals surface area contributed by atoms with Crippen molar-refractivity contribution in [1.82, 2.24) is 0 Å². The predicted molar refractivity (Wildman–Crippen MR) is 69.8 cm³/mol. The molecule has 1 fully saturated rings. The van der Waals surface area contributed by atoms with Crippen molar-refractivity contribution in [2.24, 2.45) is 0 Å². The molecule has 102 valence electrons. The van der Waals surface area contributed by atoms with Crippen molar-refractivity contribution < 1.29 is 21.1 Å². The molecule has 0 amide bonds. The molecule has 0 saturated carbocycles. The van der Waals surface area contributed by atoms with Gasteiger partial charge in [0.25, 0.3) is 6.05 Å². The molecule has 0 unspecified atom stereocenters. The van der Waals surface area contributed by atoms with Crippen molar-refractivity contribution in [2.45, 2.75) is 57.9 Å². The number of alkyl halides is 2. The molecule has 1 saturated heterocycles. The van der Waals surface area contributed by atoms with Gasteiger partial charge in [-0.3, -0.25) is 0 Å². The Morgan fingerprint density at radius 1 is 0.882 bits per heavy atom. The van der Waals surface area contributed by atoms with E-state index < -0.39 is 32.5 Å². The Morgan fingerprint density at radius 3 is 1.47 bits per heavy atom. The second-order valence-corrected chi connectivity index (χ2v) is 14.7. The van der Waals surface area contributed by atoms with Crippen LogP contribution in [0.1, 0.15) is 27.7 Å². The molecule has 3 nitrogen and oxygen atoms in total. The zero-order valence-corrected chi connectivity index (χ0v) is 14.1. The van der Waals surface area contributed by atoms with Gasteiger partial charge >= 0.3 is 26.4 Å². The quantitative estimate of drug-likeness (QED) is 0.730. The summed E-state index contributed by atoms with van der Waals surface area (Å²) >= 11 is 0. The van der Waals surface area contributed by atoms with Crippen LogP contribution in [0.3, 0.4) is 0 Å². The summed E-state index contributed by atoms with van der Waals surface area (Å²) in [5.74, 6) is 0. The molecule has 0 aliphatic carbocycles. The fraction of sp³-hybridized carbons (Fsp3) is 1.00. The Morgan fingerprint density at radius 2 is 1.24 bits per heavy atom. The molecule has 1 heterocycles. The van der Waals surface area contributed by atoms with Crippen LogP contribution in [-0.2, 0) is 12.3 Å². The number of rotatable bonds is 5. The standard InChI is InChI=1S/C9H22F2O3Si3/c1-5-16(6-2)12-15(9(10)11)13-17(7-3,8-4)14-16/h9,15H,5-8H2,1-4H3. The van der Waals surface area contributed by atoms with Crippen molar-refractivity contribution >= 4 is 26.4 Å². The van der Waals surface area contributed by atoms with E-state index in [9.17, 15) is 8.78 Å². The van der Waals surface area contributed by atoms with E-state index in [1.807, 2.05) is 27.7 Å². The minimum absolute atomic E-state index is 0.734. The second kappa shape index (κ2) is 6.02. The fourth-order valence-corrected chi connectivity index (χ4v) is 16.8. The molecule has 1 rings (SSSR count). The minimum Gasteiger partial charge on any atom is -0.415 e. The summed E-state index contributed by atoms with van der Waals surface area (Å²) in [4.78, 5) is 0. The monoisotopic (exact) mass is 300 g/mol. The van der Waals surface area contributed by atoms with E-state index in [0.717, 1.165) is 24.2 Å². The first-order chi connectivity index (χ1) is 7.96. The molecule has 0 aromatic heterocycles. The van der Waals surface area contributed by atoms with Gasteiger partial charge in [0.15, 0.2) is 0 Å². The summed E-state index contributed by atoms with van der Waals surface area (Å²) in [7, 11) is -7.69. The van der Waals surface area contributed by atoms with Gasteiger partial charge in [0.05, 0.1) is 0 Å². The molecule has 0 N–H and O–H groups in total. The summed E-state index contributed by atoms with van der Waals surface area (Å²) in [5.41, 5.74) is 0. The highest BCUT2D eigenvalue weighted by atomic mass is 28.5. The third-order valence-electron chi connectivity index (χ3n) is 3.39. The number of hydrogen-bond donors (Lipinski definition) is 0. The zero-order chi connectivity index (χ0) is 13.1. The van der Waals surface area contributed by atoms with E-state index in [2.05, 4.69) is 0 Å². The van der Waals surface area contributed by atoms with Gasteiger partial charge in [0, 0.05) is 0 Å². The van der Waals surface area contributed by atoms with Crippen LogP contribution in [0.25, 0.3) is 0 Å². The zero-order valence-electron chi connectivity index (χ0n) is 11.0. The molecular weight excluding hydrogens is 278 g/mol. The first-order valence-electron chi connectivity index (χ1n) is 6.30. The SMILES string of the molecule is CC[Si]1(CC)O[SiH](C(F)F)O[Si](CC)(CC)O1. The second-order valence-electron chi connectivity index (χ2n) is 4.28. The van der Waals surface area contributed by atoms with Crippen LogP contribution in [0.15, 0.2) is 0 Å². The molecule has 0 spiro atoms. The Hall–Kier alpha value is 0.391. The lowest BCUT2D eigenvalue weighted by atomic mass is 10.9. The summed E-state index contributed by atoms with van der Waals surface area (Å²) in [6, 6.07) is 0.486. The first-order valence-corrected chi connectivity index (χ1v) is 12.4. The van der Waals surface area contributed by atoms with Crippen molar-refractivity contribution in [3.8, 4) is 0 Å². The average Bonchev–Trinajstić information content (AvgIpc) is 2.37. The lowest BCUT2D eigenvalue weighted by molar-refractivity contribution is 0.145. The van der Waals surface area contributed by atoms with Gasteiger partial charge < -0.3 is 12.3 Å². The molecule has 8 heteroatoms. The van der Waals surface area contributed by atoms with E-state index in [-0.39, 0.29) is 0 Å². The van der Waals surface area contributed by atoms with Gasteiger partial charge in [-0.15, -0.1) is 0 Å². The Balaban J connectivity index is 2.97. The van der Waals surface area contributed by atoms with Crippen molar-refractivity contribution in [3.63, 3.8) is 0 Å². The Labute approximate surface area is 106 Å². The van der Waals surface area contributed by atoms with E-state index in [1.54, 1.807) is 0 Å². The fourth-order valence-electron chi connectivity index (χ4n) is 2.06. The van der Waals surface area contributed by atoms with Gasteiger partial charge in [-0.1, -0.05) is 27.7 Å². The van der Waals surface area contributed by atoms with E-state index in [4.69, 9.17) is 12.3 Å². The van der Waals surface area contributed by atoms with Gasteiger partial charge in [-0.25, -0.2) is 8.78 Å². The van der Waals surface area contributed by atoms with Crippen LogP contribution in [0.4, 0.5) is 8.78 Å². The maximum Gasteiger partial charge on any atom is 0.376 e. The molecule has 0 aromatic rings. The van der Waals surface area contributed by atoms with Crippen molar-refractivity contribution in [3.05, 3.63) is 0 Å². The van der Waals surface area contributed by atoms with Crippen LogP contribution in [0.2, 0.25) is 24.2 Å². The smallest absolute Gasteiger partial charge is 0.376 e. The van der Waals surface area contributed by atoms with E-state index in [0.29, 0.717) is 0 Å². The maximum atomic E-state index is 13.0. The molecule has 1 aliphatic heterocycles. The highest BCUT2D eigenvalue weighted by Crippen LogP contribution is 2.35. The van der Waals surface area contributed by atoms with Crippen molar-refractivity contribution in [2.75, 3.05) is 0 Å².